The second-order valence-electron chi connectivity index (χ2n) is 4.94. The van der Waals surface area contributed by atoms with Crippen LogP contribution in [0.4, 0.5) is 5.69 Å². The van der Waals surface area contributed by atoms with Gasteiger partial charge in [-0.15, -0.1) is 0 Å². The van der Waals surface area contributed by atoms with Crippen LogP contribution >= 0.6 is 0 Å². The van der Waals surface area contributed by atoms with E-state index in [2.05, 4.69) is 26.1 Å². The fourth-order valence-electron chi connectivity index (χ4n) is 1.87. The molecule has 0 radical (unpaired) electrons. The lowest BCUT2D eigenvalue weighted by molar-refractivity contribution is -0.385. The molecule has 0 heterocycles. The van der Waals surface area contributed by atoms with Gasteiger partial charge in [-0.25, -0.2) is 0 Å². The summed E-state index contributed by atoms with van der Waals surface area (Å²) in [6.45, 7) is 8.96. The molecule has 1 aromatic rings. The molecule has 1 aromatic carbocycles. The van der Waals surface area contributed by atoms with E-state index in [4.69, 9.17) is 0 Å². The van der Waals surface area contributed by atoms with E-state index in [-0.39, 0.29) is 16.1 Å². The fraction of sp³-hybridized carbons (Fsp3) is 0.571. The van der Waals surface area contributed by atoms with E-state index in [0.29, 0.717) is 6.54 Å². The maximum Gasteiger partial charge on any atom is 0.272 e. The molecule has 0 aliphatic heterocycles. The molecule has 0 fully saturated rings. The van der Waals surface area contributed by atoms with E-state index in [1.54, 1.807) is 12.1 Å². The van der Waals surface area contributed by atoms with Gasteiger partial charge in [-0.3, -0.25) is 10.1 Å². The highest BCUT2D eigenvalue weighted by molar-refractivity contribution is 5.44. The van der Waals surface area contributed by atoms with E-state index >= 15 is 0 Å². The molecular weight excluding hydrogens is 228 g/mol. The average Bonchev–Trinajstić information content (AvgIpc) is 2.37. The Hall–Kier alpha value is -1.42. The summed E-state index contributed by atoms with van der Waals surface area (Å²) in [5.74, 6) is 0. The average molecular weight is 250 g/mol. The lowest BCUT2D eigenvalue weighted by Crippen LogP contribution is -2.40. The molecule has 0 unspecified atom stereocenters. The van der Waals surface area contributed by atoms with E-state index in [1.807, 2.05) is 13.0 Å². The van der Waals surface area contributed by atoms with Crippen LogP contribution in [0.25, 0.3) is 0 Å². The molecule has 1 N–H and O–H groups in total. The van der Waals surface area contributed by atoms with Gasteiger partial charge in [0, 0.05) is 23.7 Å². The Labute approximate surface area is 109 Å². The molecule has 0 aliphatic carbocycles. The predicted molar refractivity (Wildman–Crippen MR) is 73.7 cm³/mol. The number of nitrogens with zero attached hydrogens (tertiary/aromatic N) is 1. The van der Waals surface area contributed by atoms with Crippen molar-refractivity contribution in [3.05, 3.63) is 39.4 Å². The monoisotopic (exact) mass is 250 g/mol. The minimum absolute atomic E-state index is 0.0943. The lowest BCUT2D eigenvalue weighted by atomic mass is 9.95. The van der Waals surface area contributed by atoms with Crippen molar-refractivity contribution in [3.8, 4) is 0 Å². The van der Waals surface area contributed by atoms with Crippen molar-refractivity contribution >= 4 is 5.69 Å². The summed E-state index contributed by atoms with van der Waals surface area (Å²) in [5, 5.41) is 14.4. The Kier molecular flexibility index (Phi) is 4.84. The molecule has 0 saturated carbocycles. The molecule has 4 nitrogen and oxygen atoms in total. The second kappa shape index (κ2) is 5.96. The molecule has 0 atom stereocenters. The van der Waals surface area contributed by atoms with Crippen molar-refractivity contribution in [1.29, 1.82) is 0 Å². The largest absolute Gasteiger partial charge is 0.307 e. The van der Waals surface area contributed by atoms with E-state index in [0.717, 1.165) is 24.0 Å². The van der Waals surface area contributed by atoms with E-state index in [9.17, 15) is 10.1 Å². The first-order valence-corrected chi connectivity index (χ1v) is 6.41. The molecule has 4 heteroatoms. The van der Waals surface area contributed by atoms with Crippen LogP contribution in [0.1, 0.15) is 44.7 Å². The number of hydrogen-bond acceptors (Lipinski definition) is 3. The number of nitrogens with one attached hydrogen (secondary N) is 1. The summed E-state index contributed by atoms with van der Waals surface area (Å²) in [7, 11) is 0. The molecule has 18 heavy (non-hydrogen) atoms. The van der Waals surface area contributed by atoms with E-state index in [1.165, 1.54) is 0 Å². The molecule has 0 amide bonds. The van der Waals surface area contributed by atoms with Crippen molar-refractivity contribution in [1.82, 2.24) is 5.32 Å². The molecule has 0 aliphatic rings. The standard InChI is InChI=1S/C14H22N2O2/c1-5-14(4,6-2)15-10-12-8-7-9-13(11(12)3)16(17)18/h7-9,15H,5-6,10H2,1-4H3. The van der Waals surface area contributed by atoms with Crippen molar-refractivity contribution in [2.75, 3.05) is 0 Å². The smallest absolute Gasteiger partial charge is 0.272 e. The van der Waals surface area contributed by atoms with Crippen LogP contribution in [-0.4, -0.2) is 10.5 Å². The highest BCUT2D eigenvalue weighted by atomic mass is 16.6. The van der Waals surface area contributed by atoms with Crippen molar-refractivity contribution in [3.63, 3.8) is 0 Å². The topological polar surface area (TPSA) is 55.2 Å². The summed E-state index contributed by atoms with van der Waals surface area (Å²) in [6, 6.07) is 5.25. The first-order chi connectivity index (χ1) is 8.43. The van der Waals surface area contributed by atoms with Crippen LogP contribution in [0.2, 0.25) is 0 Å². The molecule has 0 aromatic heterocycles. The van der Waals surface area contributed by atoms with Crippen LogP contribution in [0.5, 0.6) is 0 Å². The SMILES string of the molecule is CCC(C)(CC)NCc1cccc([N+](=O)[O-])c1C. The minimum Gasteiger partial charge on any atom is -0.307 e. The van der Waals surface area contributed by atoms with Crippen LogP contribution < -0.4 is 5.32 Å². The normalized spacial score (nSPS) is 11.6. The summed E-state index contributed by atoms with van der Waals surface area (Å²) in [6.07, 6.45) is 2.08. The molecule has 0 bridgehead atoms. The van der Waals surface area contributed by atoms with Gasteiger partial charge in [0.05, 0.1) is 4.92 Å². The van der Waals surface area contributed by atoms with Crippen LogP contribution in [0.15, 0.2) is 18.2 Å². The zero-order valence-corrected chi connectivity index (χ0v) is 11.6. The van der Waals surface area contributed by atoms with Crippen molar-refractivity contribution < 1.29 is 4.92 Å². The third-order valence-corrected chi connectivity index (χ3v) is 3.88. The van der Waals surface area contributed by atoms with Crippen LogP contribution in [-0.2, 0) is 6.54 Å². The Balaban J connectivity index is 2.86. The first kappa shape index (κ1) is 14.6. The summed E-state index contributed by atoms with van der Waals surface area (Å²) in [5.41, 5.74) is 2.04. The Morgan fingerprint density at radius 1 is 1.33 bits per heavy atom. The second-order valence-corrected chi connectivity index (χ2v) is 4.94. The Morgan fingerprint density at radius 3 is 2.44 bits per heavy atom. The van der Waals surface area contributed by atoms with Crippen molar-refractivity contribution in [2.24, 2.45) is 0 Å². The molecule has 0 spiro atoms. The lowest BCUT2D eigenvalue weighted by Gasteiger charge is -2.28. The summed E-state index contributed by atoms with van der Waals surface area (Å²) in [4.78, 5) is 10.6. The molecule has 1 rings (SSSR count). The molecular formula is C14H22N2O2. The number of rotatable bonds is 6. The van der Waals surface area contributed by atoms with Gasteiger partial charge < -0.3 is 5.32 Å². The highest BCUT2D eigenvalue weighted by Gasteiger charge is 2.20. The number of benzene rings is 1. The third kappa shape index (κ3) is 3.29. The molecule has 100 valence electrons. The first-order valence-electron chi connectivity index (χ1n) is 6.41. The minimum atomic E-state index is -0.322. The van der Waals surface area contributed by atoms with E-state index < -0.39 is 0 Å². The van der Waals surface area contributed by atoms with Gasteiger partial charge in [0.15, 0.2) is 0 Å². The number of hydrogen-bond donors (Lipinski definition) is 1. The fourth-order valence-corrected chi connectivity index (χ4v) is 1.87. The van der Waals surface area contributed by atoms with Gasteiger partial charge in [-0.1, -0.05) is 26.0 Å². The van der Waals surface area contributed by atoms with Crippen LogP contribution in [0.3, 0.4) is 0 Å². The van der Waals surface area contributed by atoms with Gasteiger partial charge in [-0.05, 0) is 32.3 Å². The maximum atomic E-state index is 10.9. The third-order valence-electron chi connectivity index (χ3n) is 3.88. The van der Waals surface area contributed by atoms with Gasteiger partial charge in [0.1, 0.15) is 0 Å². The maximum absolute atomic E-state index is 10.9. The van der Waals surface area contributed by atoms with Gasteiger partial charge in [-0.2, -0.15) is 0 Å². The Morgan fingerprint density at radius 2 is 1.94 bits per heavy atom. The summed E-state index contributed by atoms with van der Waals surface area (Å²) >= 11 is 0. The van der Waals surface area contributed by atoms with Gasteiger partial charge in [0.2, 0.25) is 0 Å². The summed E-state index contributed by atoms with van der Waals surface area (Å²) < 4.78 is 0. The van der Waals surface area contributed by atoms with Gasteiger partial charge in [0.25, 0.3) is 5.69 Å². The quantitative estimate of drug-likeness (QED) is 0.620. The van der Waals surface area contributed by atoms with Crippen molar-refractivity contribution in [2.45, 2.75) is 52.6 Å². The number of nitro benzene ring substituents is 1. The van der Waals surface area contributed by atoms with Gasteiger partial charge >= 0.3 is 0 Å². The van der Waals surface area contributed by atoms with Crippen LogP contribution in [0, 0.1) is 17.0 Å². The molecule has 0 saturated heterocycles. The zero-order valence-electron chi connectivity index (χ0n) is 11.6. The Bertz CT molecular complexity index is 426. The highest BCUT2D eigenvalue weighted by Crippen LogP contribution is 2.22. The zero-order chi connectivity index (χ0) is 13.8. The number of nitro groups is 1. The predicted octanol–water partition coefficient (Wildman–Crippen LogP) is 3.57.